The summed E-state index contributed by atoms with van der Waals surface area (Å²) < 4.78 is 11.0. The van der Waals surface area contributed by atoms with Crippen LogP contribution in [-0.4, -0.2) is 49.1 Å². The number of amides is 1. The maximum atomic E-state index is 12.7. The quantitative estimate of drug-likeness (QED) is 0.386. The molecule has 3 N–H and O–H groups in total. The SMILES string of the molecule is C#CC(/C=C(/CN1CCC(CC(=O)Nc2cc(N)c(C#N)c(OCC)n2)CC1)OC)c1ccccc1. The third kappa shape index (κ3) is 7.24. The Morgan fingerprint density at radius 2 is 2.08 bits per heavy atom. The first-order chi connectivity index (χ1) is 17.5. The van der Waals surface area contributed by atoms with E-state index in [2.05, 4.69) is 21.1 Å². The van der Waals surface area contributed by atoms with E-state index in [0.29, 0.717) is 19.6 Å². The number of rotatable bonds is 10. The molecule has 36 heavy (non-hydrogen) atoms. The van der Waals surface area contributed by atoms with Gasteiger partial charge in [-0.25, -0.2) is 0 Å². The molecule has 2 heterocycles. The third-order valence-electron chi connectivity index (χ3n) is 6.19. The summed E-state index contributed by atoms with van der Waals surface area (Å²) in [6, 6.07) is 13.4. The zero-order chi connectivity index (χ0) is 25.9. The van der Waals surface area contributed by atoms with E-state index in [1.165, 1.54) is 6.07 Å². The van der Waals surface area contributed by atoms with Crippen molar-refractivity contribution in [3.8, 4) is 24.3 Å². The van der Waals surface area contributed by atoms with E-state index in [1.807, 2.05) is 42.5 Å². The molecule has 1 aromatic carbocycles. The van der Waals surface area contributed by atoms with Crippen LogP contribution >= 0.6 is 0 Å². The van der Waals surface area contributed by atoms with Crippen molar-refractivity contribution in [3.05, 3.63) is 59.4 Å². The average Bonchev–Trinajstić information content (AvgIpc) is 2.88. The lowest BCUT2D eigenvalue weighted by molar-refractivity contribution is -0.117. The number of hydrogen-bond donors (Lipinski definition) is 2. The second-order valence-corrected chi connectivity index (χ2v) is 8.69. The number of nitrogen functional groups attached to an aromatic ring is 1. The molecule has 1 fully saturated rings. The summed E-state index contributed by atoms with van der Waals surface area (Å²) in [6.07, 6.45) is 9.96. The average molecular weight is 488 g/mol. The van der Waals surface area contributed by atoms with Crippen molar-refractivity contribution >= 4 is 17.4 Å². The molecule has 0 saturated carbocycles. The molecule has 8 nitrogen and oxygen atoms in total. The van der Waals surface area contributed by atoms with E-state index in [1.54, 1.807) is 14.0 Å². The second kappa shape index (κ2) is 13.2. The number of benzene rings is 1. The number of methoxy groups -OCH3 is 1. The molecule has 1 aliphatic heterocycles. The van der Waals surface area contributed by atoms with Gasteiger partial charge in [0.05, 0.1) is 31.9 Å². The van der Waals surface area contributed by atoms with Crippen molar-refractivity contribution in [2.24, 2.45) is 5.92 Å². The number of terminal acetylenes is 1. The number of nitrogens with one attached hydrogen (secondary N) is 1. The maximum absolute atomic E-state index is 12.7. The number of likely N-dealkylation sites (tertiary alicyclic amines) is 1. The van der Waals surface area contributed by atoms with Crippen LogP contribution in [0.3, 0.4) is 0 Å². The van der Waals surface area contributed by atoms with Crippen LogP contribution < -0.4 is 15.8 Å². The van der Waals surface area contributed by atoms with Crippen molar-refractivity contribution in [2.75, 3.05) is 44.4 Å². The highest BCUT2D eigenvalue weighted by Gasteiger charge is 2.23. The highest BCUT2D eigenvalue weighted by molar-refractivity contribution is 5.90. The molecular weight excluding hydrogens is 454 g/mol. The third-order valence-corrected chi connectivity index (χ3v) is 6.19. The van der Waals surface area contributed by atoms with Gasteiger partial charge in [0.2, 0.25) is 11.8 Å². The number of ether oxygens (including phenoxy) is 2. The van der Waals surface area contributed by atoms with Crippen molar-refractivity contribution in [3.63, 3.8) is 0 Å². The van der Waals surface area contributed by atoms with Crippen LogP contribution in [0.4, 0.5) is 11.5 Å². The van der Waals surface area contributed by atoms with Gasteiger partial charge >= 0.3 is 0 Å². The lowest BCUT2D eigenvalue weighted by Crippen LogP contribution is -2.36. The number of allylic oxidation sites excluding steroid dienone is 1. The number of aromatic nitrogens is 1. The molecule has 1 aliphatic rings. The van der Waals surface area contributed by atoms with Gasteiger partial charge in [-0.15, -0.1) is 6.42 Å². The van der Waals surface area contributed by atoms with Gasteiger partial charge in [0.1, 0.15) is 23.2 Å². The number of pyridine rings is 1. The summed E-state index contributed by atoms with van der Waals surface area (Å²) in [5.74, 6) is 4.08. The van der Waals surface area contributed by atoms with Gasteiger partial charge in [-0.2, -0.15) is 10.2 Å². The molecule has 0 spiro atoms. The predicted molar refractivity (Wildman–Crippen MR) is 140 cm³/mol. The Kier molecular flexibility index (Phi) is 9.73. The van der Waals surface area contributed by atoms with E-state index >= 15 is 0 Å². The minimum Gasteiger partial charge on any atom is -0.500 e. The van der Waals surface area contributed by atoms with E-state index in [9.17, 15) is 10.1 Å². The number of carbonyl (C=O) groups is 1. The number of anilines is 2. The molecule has 1 amide bonds. The van der Waals surface area contributed by atoms with E-state index in [0.717, 1.165) is 37.3 Å². The monoisotopic (exact) mass is 487 g/mol. The standard InChI is InChI=1S/C28H33N5O3/c1-4-21(22-9-7-6-8-10-22)16-23(35-3)19-33-13-11-20(12-14-33)15-27(34)31-26-17-25(30)24(18-29)28(32-26)36-5-2/h1,6-10,16-17,20-21H,5,11-15,19H2,2-3H3,(H3,30,31,32,34)/b23-16-. The molecule has 1 aromatic heterocycles. The Morgan fingerprint density at radius 3 is 2.69 bits per heavy atom. The largest absolute Gasteiger partial charge is 0.500 e. The summed E-state index contributed by atoms with van der Waals surface area (Å²) >= 11 is 0. The van der Waals surface area contributed by atoms with Crippen molar-refractivity contribution in [1.29, 1.82) is 5.26 Å². The highest BCUT2D eigenvalue weighted by atomic mass is 16.5. The summed E-state index contributed by atoms with van der Waals surface area (Å²) in [4.78, 5) is 19.2. The van der Waals surface area contributed by atoms with Crippen LogP contribution in [0.25, 0.3) is 0 Å². The number of carbonyl (C=O) groups excluding carboxylic acids is 1. The molecule has 0 bridgehead atoms. The Bertz CT molecular complexity index is 1140. The fourth-order valence-electron chi connectivity index (χ4n) is 4.26. The first kappa shape index (κ1) is 26.6. The van der Waals surface area contributed by atoms with Gasteiger partial charge in [-0.05, 0) is 50.4 Å². The molecule has 1 unspecified atom stereocenters. The minimum absolute atomic E-state index is 0.130. The molecule has 1 atom stereocenters. The summed E-state index contributed by atoms with van der Waals surface area (Å²) in [6.45, 7) is 4.53. The van der Waals surface area contributed by atoms with E-state index < -0.39 is 0 Å². The molecule has 188 valence electrons. The van der Waals surface area contributed by atoms with E-state index in [4.69, 9.17) is 21.6 Å². The Balaban J connectivity index is 1.52. The minimum atomic E-state index is -0.143. The molecular formula is C28H33N5O3. The smallest absolute Gasteiger partial charge is 0.235 e. The number of nitrogens with two attached hydrogens (primary N) is 1. The lowest BCUT2D eigenvalue weighted by atomic mass is 9.93. The van der Waals surface area contributed by atoms with Gasteiger partial charge < -0.3 is 20.5 Å². The van der Waals surface area contributed by atoms with Gasteiger partial charge in [0.15, 0.2) is 0 Å². The number of nitriles is 1. The number of piperidine rings is 1. The predicted octanol–water partition coefficient (Wildman–Crippen LogP) is 3.92. The van der Waals surface area contributed by atoms with Gasteiger partial charge in [0, 0.05) is 12.5 Å². The van der Waals surface area contributed by atoms with Crippen molar-refractivity contribution in [2.45, 2.75) is 32.1 Å². The van der Waals surface area contributed by atoms with Crippen molar-refractivity contribution < 1.29 is 14.3 Å². The van der Waals surface area contributed by atoms with Crippen molar-refractivity contribution in [1.82, 2.24) is 9.88 Å². The summed E-state index contributed by atoms with van der Waals surface area (Å²) in [5.41, 5.74) is 7.39. The Hall–Kier alpha value is -4.01. The van der Waals surface area contributed by atoms with E-state index in [-0.39, 0.29) is 40.7 Å². The molecule has 8 heteroatoms. The fourth-order valence-corrected chi connectivity index (χ4v) is 4.26. The van der Waals surface area contributed by atoms with Crippen LogP contribution in [0.15, 0.2) is 48.2 Å². The highest BCUT2D eigenvalue weighted by Crippen LogP contribution is 2.27. The normalized spacial score (nSPS) is 15.4. The first-order valence-corrected chi connectivity index (χ1v) is 12.1. The summed E-state index contributed by atoms with van der Waals surface area (Å²) in [7, 11) is 1.67. The molecule has 3 rings (SSSR count). The van der Waals surface area contributed by atoms with Gasteiger partial charge in [0.25, 0.3) is 0 Å². The van der Waals surface area contributed by atoms with Gasteiger partial charge in [-0.1, -0.05) is 36.3 Å². The zero-order valence-electron chi connectivity index (χ0n) is 20.9. The fraction of sp³-hybridized carbons (Fsp3) is 0.393. The lowest BCUT2D eigenvalue weighted by Gasteiger charge is -2.32. The number of nitrogens with zero attached hydrogens (tertiary/aromatic N) is 3. The topological polar surface area (TPSA) is 114 Å². The van der Waals surface area contributed by atoms with Crippen LogP contribution in [0.2, 0.25) is 0 Å². The zero-order valence-corrected chi connectivity index (χ0v) is 20.9. The van der Waals surface area contributed by atoms with Crippen LogP contribution in [0.1, 0.15) is 43.2 Å². The second-order valence-electron chi connectivity index (χ2n) is 8.69. The Morgan fingerprint density at radius 1 is 1.36 bits per heavy atom. The number of hydrogen-bond acceptors (Lipinski definition) is 7. The Labute approximate surface area is 213 Å². The molecule has 2 aromatic rings. The van der Waals surface area contributed by atoms with Gasteiger partial charge in [-0.3, -0.25) is 9.69 Å². The molecule has 0 aliphatic carbocycles. The summed E-state index contributed by atoms with van der Waals surface area (Å²) in [5, 5.41) is 12.0. The van der Waals surface area contributed by atoms with Crippen LogP contribution in [0, 0.1) is 29.6 Å². The van der Waals surface area contributed by atoms with Crippen LogP contribution in [-0.2, 0) is 9.53 Å². The molecule has 1 saturated heterocycles. The first-order valence-electron chi connectivity index (χ1n) is 12.1. The van der Waals surface area contributed by atoms with Crippen LogP contribution in [0.5, 0.6) is 5.88 Å². The molecule has 0 radical (unpaired) electrons. The maximum Gasteiger partial charge on any atom is 0.235 e.